The number of carbonyl (C=O) groups excluding carboxylic acids is 1. The molecule has 0 aliphatic carbocycles. The standard InChI is InChI=1S/C13H12BrNO/c1-10(11-4-2-5-12(14)8-11)15-7-3-6-13(15)9-16/h2-10H,1H3. The highest BCUT2D eigenvalue weighted by Crippen LogP contribution is 2.22. The molecule has 0 fully saturated rings. The van der Waals surface area contributed by atoms with E-state index in [1.165, 1.54) is 5.56 Å². The van der Waals surface area contributed by atoms with E-state index in [1.54, 1.807) is 0 Å². The van der Waals surface area contributed by atoms with E-state index in [1.807, 2.05) is 35.0 Å². The summed E-state index contributed by atoms with van der Waals surface area (Å²) < 4.78 is 3.02. The zero-order valence-corrected chi connectivity index (χ0v) is 10.5. The highest BCUT2D eigenvalue weighted by atomic mass is 79.9. The maximum absolute atomic E-state index is 10.9. The Morgan fingerprint density at radius 3 is 2.81 bits per heavy atom. The van der Waals surface area contributed by atoms with E-state index < -0.39 is 0 Å². The zero-order valence-electron chi connectivity index (χ0n) is 8.93. The number of hydrogen-bond donors (Lipinski definition) is 0. The van der Waals surface area contributed by atoms with Gasteiger partial charge in [-0.05, 0) is 36.8 Å². The fraction of sp³-hybridized carbons (Fsp3) is 0.154. The Morgan fingerprint density at radius 2 is 2.12 bits per heavy atom. The monoisotopic (exact) mass is 277 g/mol. The predicted molar refractivity (Wildman–Crippen MR) is 67.8 cm³/mol. The number of hydrogen-bond acceptors (Lipinski definition) is 1. The van der Waals surface area contributed by atoms with E-state index in [4.69, 9.17) is 0 Å². The number of nitrogens with zero attached hydrogens (tertiary/aromatic N) is 1. The van der Waals surface area contributed by atoms with Crippen molar-refractivity contribution in [2.45, 2.75) is 13.0 Å². The van der Waals surface area contributed by atoms with Gasteiger partial charge in [-0.3, -0.25) is 4.79 Å². The Morgan fingerprint density at radius 1 is 1.31 bits per heavy atom. The van der Waals surface area contributed by atoms with Crippen molar-refractivity contribution in [1.82, 2.24) is 4.57 Å². The Kier molecular flexibility index (Phi) is 3.25. The molecule has 1 atom stereocenters. The van der Waals surface area contributed by atoms with E-state index in [-0.39, 0.29) is 6.04 Å². The minimum atomic E-state index is 0.160. The van der Waals surface area contributed by atoms with Crippen LogP contribution in [0.1, 0.15) is 29.0 Å². The molecular formula is C13H12BrNO. The Labute approximate surface area is 103 Å². The summed E-state index contributed by atoms with van der Waals surface area (Å²) in [4.78, 5) is 10.9. The minimum absolute atomic E-state index is 0.160. The van der Waals surface area contributed by atoms with Crippen LogP contribution < -0.4 is 0 Å². The third-order valence-electron chi connectivity index (χ3n) is 2.68. The molecule has 3 heteroatoms. The molecule has 1 heterocycles. The van der Waals surface area contributed by atoms with Gasteiger partial charge in [-0.2, -0.15) is 0 Å². The second-order valence-corrected chi connectivity index (χ2v) is 4.60. The highest BCUT2D eigenvalue weighted by Gasteiger charge is 2.10. The normalized spacial score (nSPS) is 12.4. The maximum atomic E-state index is 10.9. The Hall–Kier alpha value is -1.35. The second kappa shape index (κ2) is 4.66. The molecule has 0 spiro atoms. The first-order valence-corrected chi connectivity index (χ1v) is 5.89. The zero-order chi connectivity index (χ0) is 11.5. The van der Waals surface area contributed by atoms with Crippen LogP contribution in [-0.4, -0.2) is 10.9 Å². The molecule has 0 aliphatic rings. The van der Waals surface area contributed by atoms with Gasteiger partial charge in [-0.1, -0.05) is 28.1 Å². The van der Waals surface area contributed by atoms with E-state index >= 15 is 0 Å². The van der Waals surface area contributed by atoms with E-state index in [0.29, 0.717) is 5.69 Å². The van der Waals surface area contributed by atoms with Crippen LogP contribution in [0.3, 0.4) is 0 Å². The van der Waals surface area contributed by atoms with E-state index in [9.17, 15) is 4.79 Å². The summed E-state index contributed by atoms with van der Waals surface area (Å²) in [7, 11) is 0. The minimum Gasteiger partial charge on any atom is -0.338 e. The van der Waals surface area contributed by atoms with Crippen molar-refractivity contribution in [3.63, 3.8) is 0 Å². The van der Waals surface area contributed by atoms with Crippen molar-refractivity contribution < 1.29 is 4.79 Å². The van der Waals surface area contributed by atoms with Crippen LogP contribution in [0.5, 0.6) is 0 Å². The van der Waals surface area contributed by atoms with Gasteiger partial charge in [-0.15, -0.1) is 0 Å². The van der Waals surface area contributed by atoms with Gasteiger partial charge in [0, 0.05) is 10.7 Å². The van der Waals surface area contributed by atoms with Gasteiger partial charge in [0.1, 0.15) is 0 Å². The summed E-state index contributed by atoms with van der Waals surface area (Å²) in [5, 5.41) is 0. The first-order valence-electron chi connectivity index (χ1n) is 5.10. The SMILES string of the molecule is CC(c1cccc(Br)c1)n1cccc1C=O. The topological polar surface area (TPSA) is 22.0 Å². The molecule has 0 bridgehead atoms. The molecule has 0 aliphatic heterocycles. The lowest BCUT2D eigenvalue weighted by molar-refractivity contribution is 0.111. The molecular weight excluding hydrogens is 266 g/mol. The van der Waals surface area contributed by atoms with Crippen LogP contribution in [0.4, 0.5) is 0 Å². The van der Waals surface area contributed by atoms with E-state index in [2.05, 4.69) is 35.0 Å². The average Bonchev–Trinajstić information content (AvgIpc) is 2.76. The summed E-state index contributed by atoms with van der Waals surface area (Å²) in [6.45, 7) is 2.08. The lowest BCUT2D eigenvalue weighted by Gasteiger charge is -2.16. The van der Waals surface area contributed by atoms with E-state index in [0.717, 1.165) is 10.8 Å². The number of rotatable bonds is 3. The molecule has 82 valence electrons. The summed E-state index contributed by atoms with van der Waals surface area (Å²) in [5.74, 6) is 0. The Bertz CT molecular complexity index is 504. The molecule has 1 aromatic carbocycles. The van der Waals surface area contributed by atoms with Crippen LogP contribution in [-0.2, 0) is 0 Å². The predicted octanol–water partition coefficient (Wildman–Crippen LogP) is 3.67. The van der Waals surface area contributed by atoms with Gasteiger partial charge in [0.05, 0.1) is 11.7 Å². The van der Waals surface area contributed by atoms with Crippen molar-refractivity contribution >= 4 is 22.2 Å². The summed E-state index contributed by atoms with van der Waals surface area (Å²) in [5.41, 5.74) is 1.88. The average molecular weight is 278 g/mol. The van der Waals surface area contributed by atoms with Gasteiger partial charge >= 0.3 is 0 Å². The highest BCUT2D eigenvalue weighted by molar-refractivity contribution is 9.10. The number of carbonyl (C=O) groups is 1. The molecule has 2 rings (SSSR count). The molecule has 0 amide bonds. The van der Waals surface area contributed by atoms with Crippen molar-refractivity contribution in [3.05, 3.63) is 58.3 Å². The Balaban J connectivity index is 2.38. The number of halogens is 1. The summed E-state index contributed by atoms with van der Waals surface area (Å²) in [6.07, 6.45) is 2.81. The van der Waals surface area contributed by atoms with Crippen LogP contribution >= 0.6 is 15.9 Å². The number of benzene rings is 1. The van der Waals surface area contributed by atoms with Crippen molar-refractivity contribution in [3.8, 4) is 0 Å². The lowest BCUT2D eigenvalue weighted by atomic mass is 10.1. The first-order chi connectivity index (χ1) is 7.72. The van der Waals surface area contributed by atoms with Crippen molar-refractivity contribution in [1.29, 1.82) is 0 Å². The molecule has 16 heavy (non-hydrogen) atoms. The molecule has 1 aromatic heterocycles. The molecule has 2 aromatic rings. The van der Waals surface area contributed by atoms with Crippen LogP contribution in [0.15, 0.2) is 47.1 Å². The van der Waals surface area contributed by atoms with Crippen LogP contribution in [0.2, 0.25) is 0 Å². The van der Waals surface area contributed by atoms with Gasteiger partial charge in [0.25, 0.3) is 0 Å². The van der Waals surface area contributed by atoms with Crippen LogP contribution in [0, 0.1) is 0 Å². The molecule has 0 N–H and O–H groups in total. The summed E-state index contributed by atoms with van der Waals surface area (Å²) >= 11 is 3.45. The molecule has 0 radical (unpaired) electrons. The third-order valence-corrected chi connectivity index (χ3v) is 3.17. The van der Waals surface area contributed by atoms with Crippen LogP contribution in [0.25, 0.3) is 0 Å². The third kappa shape index (κ3) is 2.09. The maximum Gasteiger partial charge on any atom is 0.166 e. The molecule has 0 saturated carbocycles. The van der Waals surface area contributed by atoms with Crippen molar-refractivity contribution in [2.75, 3.05) is 0 Å². The second-order valence-electron chi connectivity index (χ2n) is 3.69. The smallest absolute Gasteiger partial charge is 0.166 e. The van der Waals surface area contributed by atoms with Crippen molar-refractivity contribution in [2.24, 2.45) is 0 Å². The summed E-state index contributed by atoms with van der Waals surface area (Å²) in [6, 6.07) is 12.0. The molecule has 0 saturated heterocycles. The van der Waals surface area contributed by atoms with Gasteiger partial charge in [-0.25, -0.2) is 0 Å². The number of aromatic nitrogens is 1. The first kappa shape index (κ1) is 11.1. The molecule has 2 nitrogen and oxygen atoms in total. The lowest BCUT2D eigenvalue weighted by Crippen LogP contribution is -2.08. The van der Waals surface area contributed by atoms with Gasteiger partial charge in [0.15, 0.2) is 6.29 Å². The fourth-order valence-electron chi connectivity index (χ4n) is 1.79. The largest absolute Gasteiger partial charge is 0.338 e. The fourth-order valence-corrected chi connectivity index (χ4v) is 2.20. The van der Waals surface area contributed by atoms with Gasteiger partial charge < -0.3 is 4.57 Å². The molecule has 1 unspecified atom stereocenters. The van der Waals surface area contributed by atoms with Gasteiger partial charge in [0.2, 0.25) is 0 Å². The quantitative estimate of drug-likeness (QED) is 0.785. The number of aldehydes is 1.